The Morgan fingerprint density at radius 3 is 1.11 bits per heavy atom. The van der Waals surface area contributed by atoms with Gasteiger partial charge in [-0.25, -0.2) is 0 Å². The Hall–Kier alpha value is -18.1. The average molecular weight is 1970 g/mol. The topological polar surface area (TPSA) is 259 Å². The molecule has 12 heterocycles. The number of hydrogen-bond donors (Lipinski definition) is 1. The molecule has 2 N–H and O–H groups in total. The Labute approximate surface area is 873 Å². The van der Waals surface area contributed by atoms with E-state index >= 15 is 0 Å². The van der Waals surface area contributed by atoms with E-state index in [2.05, 4.69) is 168 Å². The Bertz CT molecular complexity index is 7790. The van der Waals surface area contributed by atoms with Gasteiger partial charge in [-0.2, -0.15) is 26.3 Å². The highest BCUT2D eigenvalue weighted by molar-refractivity contribution is 5.87. The van der Waals surface area contributed by atoms with E-state index in [0.717, 1.165) is 228 Å². The average Bonchev–Trinajstić information content (AvgIpc) is 1.40. The summed E-state index contributed by atoms with van der Waals surface area (Å²) in [6.45, 7) is 30.3. The lowest BCUT2D eigenvalue weighted by molar-refractivity contribution is 0.122. The fraction of sp³-hybridized carbons (Fsp3) is 0.211. The van der Waals surface area contributed by atoms with Crippen molar-refractivity contribution in [1.29, 1.82) is 26.3 Å². The van der Waals surface area contributed by atoms with Crippen LogP contribution in [0.15, 0.2) is 422 Å². The standard InChI is InChI=1S/C32H26N2O2.C25H26N2O2.C24H24N2O3.C24H24N2O2.C23H18N2O2/c1-22-16-29(20-30-18-25(23(2)21-33)17-24(3)35-30)36-32-19-28(14-15-31(22)32)34(26-10-6-4-7-11-26)27-12-8-5-9-13-27;1-16(15-26)18-11-17(2)28-20(12-18)14-25-22-8-6-5-7-21(22)23-10-9-19(27(3)4)13-24(23)29-25;1-16-10-21(14-22-12-19(17(2)15-25)11-18(3)28-22)29-24-13-20(4-5-23(16)24)26-6-8-27-9-7-26;1-16-10-21(14-22-12-19(17(2)15-25)11-18(3)27-22)28-24-13-20(6-7-23(16)24)26-8-4-5-9-26;1-14-9-17(27-23-10-16(25)7-8-19(14)23)11-18-12-21(15(2)13-24)20-5-3-4-6-22(20)26-18/h4-20H,1-3H3;9-14H,5-8H2,1-4H3;4-5,10-14H,6-9H2,1-3H3;6-7,10-14H,4-5,8-9H2,1-3H3;3-12H,25H2,1-2H3/b25-23-,29-20+;18-16-,25-14+;2*19-17-,21-14+;17-11+,21-15+. The van der Waals surface area contributed by atoms with Gasteiger partial charge >= 0.3 is 0 Å². The Balaban J connectivity index is 0.000000127. The minimum absolute atomic E-state index is 0.615. The normalized spacial score (nSPS) is 19.8. The molecule has 0 amide bonds. The van der Waals surface area contributed by atoms with Crippen LogP contribution in [0.3, 0.4) is 0 Å². The van der Waals surface area contributed by atoms with E-state index in [4.69, 9.17) is 57.8 Å². The van der Waals surface area contributed by atoms with Gasteiger partial charge in [0, 0.05) is 208 Å². The first-order valence-electron chi connectivity index (χ1n) is 50.0. The molecule has 0 radical (unpaired) electrons. The molecular weight excluding hydrogens is 1850 g/mol. The number of nitrogens with two attached hydrogens (primary N) is 1. The van der Waals surface area contributed by atoms with Crippen LogP contribution in [0.2, 0.25) is 0 Å². The van der Waals surface area contributed by atoms with Crippen molar-refractivity contribution in [2.45, 2.75) is 129 Å². The molecule has 21 rings (SSSR count). The molecule has 746 valence electrons. The molecule has 2 saturated heterocycles. The fourth-order valence-corrected chi connectivity index (χ4v) is 18.9. The number of benzene rings is 8. The summed E-state index contributed by atoms with van der Waals surface area (Å²) in [6, 6.07) is 70.5. The molecule has 0 bridgehead atoms. The number of nitrogens with zero attached hydrogens (tertiary/aromatic N) is 9. The molecule has 12 aliphatic heterocycles. The summed E-state index contributed by atoms with van der Waals surface area (Å²) in [4.78, 5) is 9.01. The number of allylic oxidation sites excluding steroid dienone is 38. The summed E-state index contributed by atoms with van der Waals surface area (Å²) in [6.07, 6.45) is 41.3. The van der Waals surface area contributed by atoms with Crippen LogP contribution in [0.25, 0.3) is 33.4 Å². The number of nitrogen functional groups attached to an aromatic ring is 1. The molecule has 0 aromatic heterocycles. The van der Waals surface area contributed by atoms with Gasteiger partial charge in [0.2, 0.25) is 0 Å². The highest BCUT2D eigenvalue weighted by atomic mass is 16.5. The zero-order valence-electron chi connectivity index (χ0n) is 86.7. The second-order valence-corrected chi connectivity index (χ2v) is 38.0. The molecule has 0 atom stereocenters. The maximum absolute atomic E-state index is 9.35. The van der Waals surface area contributed by atoms with Crippen molar-refractivity contribution in [3.63, 3.8) is 0 Å². The number of anilines is 7. The number of para-hydroxylation sites is 3. The van der Waals surface area contributed by atoms with Crippen molar-refractivity contribution >= 4 is 73.3 Å². The van der Waals surface area contributed by atoms with Gasteiger partial charge in [-0.1, -0.05) is 54.6 Å². The molecule has 8 aromatic carbocycles. The fourth-order valence-electron chi connectivity index (χ4n) is 18.9. The maximum Gasteiger partial charge on any atom is 0.137 e. The number of fused-ring (bicyclic) bond motifs is 7. The number of morpholine rings is 1. The summed E-state index contributed by atoms with van der Waals surface area (Å²) in [5.41, 5.74) is 34.3. The monoisotopic (exact) mass is 1970 g/mol. The minimum atomic E-state index is 0.615. The van der Waals surface area contributed by atoms with Crippen molar-refractivity contribution < 1.29 is 52.1 Å². The van der Waals surface area contributed by atoms with Gasteiger partial charge in [-0.15, -0.1) is 0 Å². The van der Waals surface area contributed by atoms with Crippen molar-refractivity contribution in [2.24, 2.45) is 0 Å². The predicted octanol–water partition coefficient (Wildman–Crippen LogP) is 30.2. The quantitative estimate of drug-likeness (QED) is 0.0932. The Morgan fingerprint density at radius 1 is 0.309 bits per heavy atom. The van der Waals surface area contributed by atoms with E-state index in [9.17, 15) is 26.3 Å². The lowest BCUT2D eigenvalue weighted by Gasteiger charge is -2.30. The minimum Gasteiger partial charge on any atom is -0.462 e. The van der Waals surface area contributed by atoms with Crippen LogP contribution in [0.5, 0.6) is 34.5 Å². The molecule has 0 saturated carbocycles. The number of nitriles is 5. The predicted molar refractivity (Wildman–Crippen MR) is 592 cm³/mol. The SMILES string of the molecule is CC1=C/C(=C(\C)C#N)C=C(/C=C2/Oc3cc(N(C)C)ccc3C3=C2CCCC3)O1.CC1=C/C(=C(\C)C#N)C=C(/C=C2\C=C(C)c3ccc(N(c4ccccc4)c4ccccc4)cc3O2)O1.CC1=C/C(=C(\C)C#N)C=C(/C=C2\C=C(C)c3ccc(N4CCCC4)cc3O2)O1.CC1=C/C(=C(\C)C#N)C=C(/C=C2\C=C(C)c3ccc(N4CCOCC4)cc3O2)O1.CC1=C\C(=C/C2=C\C(=C(\C)C#N)c3ccccc3O2)Oc2cc(N)ccc21. The summed E-state index contributed by atoms with van der Waals surface area (Å²) in [5.74, 6) is 14.8. The molecule has 1 aliphatic carbocycles. The lowest BCUT2D eigenvalue weighted by atomic mass is 9.84. The summed E-state index contributed by atoms with van der Waals surface area (Å²) < 4.78 is 66.1. The van der Waals surface area contributed by atoms with Gasteiger partial charge in [0.15, 0.2) is 0 Å². The summed E-state index contributed by atoms with van der Waals surface area (Å²) >= 11 is 0. The van der Waals surface area contributed by atoms with E-state index < -0.39 is 0 Å². The van der Waals surface area contributed by atoms with Crippen LogP contribution in [0, 0.1) is 56.7 Å². The first-order valence-corrected chi connectivity index (χ1v) is 50.0. The smallest absolute Gasteiger partial charge is 0.137 e. The van der Waals surface area contributed by atoms with Gasteiger partial charge in [0.1, 0.15) is 115 Å². The van der Waals surface area contributed by atoms with Crippen LogP contribution >= 0.6 is 0 Å². The molecule has 2 fully saturated rings. The van der Waals surface area contributed by atoms with Crippen LogP contribution in [0.4, 0.5) is 39.8 Å². The third-order valence-electron chi connectivity index (χ3n) is 26.7. The Kier molecular flexibility index (Phi) is 31.8. The highest BCUT2D eigenvalue weighted by Crippen LogP contribution is 2.50. The van der Waals surface area contributed by atoms with E-state index in [1.165, 1.54) is 48.1 Å². The van der Waals surface area contributed by atoms with Crippen LogP contribution < -0.4 is 53.8 Å². The molecule has 0 unspecified atom stereocenters. The summed E-state index contributed by atoms with van der Waals surface area (Å²) in [7, 11) is 4.07. The van der Waals surface area contributed by atoms with Crippen LogP contribution in [-0.4, -0.2) is 53.5 Å². The van der Waals surface area contributed by atoms with E-state index in [0.29, 0.717) is 79.6 Å². The zero-order valence-corrected chi connectivity index (χ0v) is 86.7. The van der Waals surface area contributed by atoms with Gasteiger partial charge in [0.25, 0.3) is 0 Å². The molecule has 21 nitrogen and oxygen atoms in total. The number of rotatable bonds is 11. The number of hydrogen-bond acceptors (Lipinski definition) is 21. The van der Waals surface area contributed by atoms with Crippen molar-refractivity contribution in [3.8, 4) is 64.8 Å². The zero-order chi connectivity index (χ0) is 105. The lowest BCUT2D eigenvalue weighted by Crippen LogP contribution is -2.36. The van der Waals surface area contributed by atoms with Crippen LogP contribution in [-0.2, 0) is 23.7 Å². The van der Waals surface area contributed by atoms with E-state index in [-0.39, 0.29) is 0 Å². The second-order valence-electron chi connectivity index (χ2n) is 38.0. The second kappa shape index (κ2) is 46.3. The highest BCUT2D eigenvalue weighted by Gasteiger charge is 2.31. The van der Waals surface area contributed by atoms with Gasteiger partial charge in [-0.05, 0) is 354 Å². The molecule has 8 aromatic rings. The van der Waals surface area contributed by atoms with Crippen molar-refractivity contribution in [1.82, 2.24) is 0 Å². The van der Waals surface area contributed by atoms with Gasteiger partial charge < -0.3 is 77.4 Å². The number of ether oxygens (including phenoxy) is 11. The third kappa shape index (κ3) is 24.6. The van der Waals surface area contributed by atoms with Crippen molar-refractivity contribution in [3.05, 3.63) is 455 Å². The van der Waals surface area contributed by atoms with E-state index in [1.54, 1.807) is 20.8 Å². The van der Waals surface area contributed by atoms with Crippen LogP contribution in [0.1, 0.15) is 162 Å². The van der Waals surface area contributed by atoms with Gasteiger partial charge in [-0.3, -0.25) is 0 Å². The van der Waals surface area contributed by atoms with Gasteiger partial charge in [0.05, 0.1) is 43.6 Å². The first kappa shape index (κ1) is 102. The molecule has 13 aliphatic rings. The molecule has 149 heavy (non-hydrogen) atoms. The largest absolute Gasteiger partial charge is 0.462 e. The molecular formula is C128H118N10O11. The summed E-state index contributed by atoms with van der Waals surface area (Å²) in [5, 5.41) is 46.3. The van der Waals surface area contributed by atoms with Crippen molar-refractivity contribution in [2.75, 3.05) is 78.8 Å². The molecule has 21 heteroatoms. The molecule has 0 spiro atoms. The van der Waals surface area contributed by atoms with E-state index in [1.807, 2.05) is 251 Å². The maximum atomic E-state index is 9.35. The third-order valence-corrected chi connectivity index (χ3v) is 26.7. The first-order chi connectivity index (χ1) is 72.1. The Morgan fingerprint density at radius 2 is 0.671 bits per heavy atom.